The average Bonchev–Trinajstić information content (AvgIpc) is 2.62. The fraction of sp³-hybridized carbons (Fsp3) is 0.222. The van der Waals surface area contributed by atoms with Crippen LogP contribution in [-0.2, 0) is 17.3 Å². The van der Waals surface area contributed by atoms with Crippen molar-refractivity contribution in [3.63, 3.8) is 0 Å². The maximum absolute atomic E-state index is 6.11. The molecule has 12 radical (unpaired) electrons. The lowest BCUT2D eigenvalue weighted by atomic mass is 9.79. The number of allylic oxidation sites excluding steroid dienone is 1. The summed E-state index contributed by atoms with van der Waals surface area (Å²) in [5.74, 6) is 0. The zero-order valence-corrected chi connectivity index (χ0v) is 12.6. The van der Waals surface area contributed by atoms with Gasteiger partial charge in [-0.05, 0) is 86.3 Å². The van der Waals surface area contributed by atoms with E-state index in [0.717, 1.165) is 23.1 Å². The molecule has 19 heavy (non-hydrogen) atoms. The molecular formula is C18H13I. The predicted octanol–water partition coefficient (Wildman–Crippen LogP) is 4.15. The maximum atomic E-state index is 6.11. The molecule has 0 heterocycles. The number of rotatable bonds is 2. The Morgan fingerprint density at radius 1 is 1.26 bits per heavy atom. The minimum Gasteiger partial charge on any atom is -0.0543 e. The highest BCUT2D eigenvalue weighted by molar-refractivity contribution is 14.1. The van der Waals surface area contributed by atoms with E-state index in [1.165, 1.54) is 0 Å². The number of fused-ring (bicyclic) bond motifs is 1. The Bertz CT molecular complexity index is 527. The van der Waals surface area contributed by atoms with Crippen LogP contribution in [0.15, 0.2) is 16.2 Å². The van der Waals surface area contributed by atoms with Crippen molar-refractivity contribution >= 4 is 28.2 Å². The van der Waals surface area contributed by atoms with Crippen LogP contribution in [-0.4, -0.2) is 0 Å². The van der Waals surface area contributed by atoms with Crippen molar-refractivity contribution < 1.29 is 0 Å². The zero-order valence-electron chi connectivity index (χ0n) is 10.5. The monoisotopic (exact) mass is 356 g/mol. The number of benzene rings is 1. The zero-order chi connectivity index (χ0) is 14.4. The highest BCUT2D eigenvalue weighted by Crippen LogP contribution is 2.43. The lowest BCUT2D eigenvalue weighted by Gasteiger charge is -2.25. The molecule has 0 saturated carbocycles. The summed E-state index contributed by atoms with van der Waals surface area (Å²) < 4.78 is 1.79. The third-order valence-electron chi connectivity index (χ3n) is 3.47. The van der Waals surface area contributed by atoms with E-state index in [-0.39, 0.29) is 0 Å². The molecule has 0 aromatic heterocycles. The topological polar surface area (TPSA) is 0 Å². The van der Waals surface area contributed by atoms with Crippen molar-refractivity contribution in [2.75, 3.05) is 0 Å². The molecule has 1 aliphatic rings. The van der Waals surface area contributed by atoms with Crippen molar-refractivity contribution in [2.45, 2.75) is 23.7 Å². The van der Waals surface area contributed by atoms with Crippen molar-refractivity contribution in [1.29, 1.82) is 0 Å². The van der Waals surface area contributed by atoms with Crippen molar-refractivity contribution in [3.05, 3.63) is 80.0 Å². The predicted molar refractivity (Wildman–Crippen MR) is 85.9 cm³/mol. The van der Waals surface area contributed by atoms with Gasteiger partial charge in [0.05, 0.1) is 0 Å². The van der Waals surface area contributed by atoms with Gasteiger partial charge in [-0.3, -0.25) is 0 Å². The van der Waals surface area contributed by atoms with Crippen molar-refractivity contribution in [1.82, 2.24) is 0 Å². The molecule has 1 aliphatic carbocycles. The van der Waals surface area contributed by atoms with Crippen LogP contribution in [0.5, 0.6) is 0 Å². The van der Waals surface area contributed by atoms with Crippen LogP contribution in [0.1, 0.15) is 28.7 Å². The van der Waals surface area contributed by atoms with Crippen LogP contribution in [0.3, 0.4) is 0 Å². The highest BCUT2D eigenvalue weighted by atomic mass is 127. The van der Waals surface area contributed by atoms with Crippen LogP contribution in [0, 0.1) is 41.5 Å². The minimum atomic E-state index is -1.45. The van der Waals surface area contributed by atoms with Gasteiger partial charge in [-0.15, -0.1) is 0 Å². The van der Waals surface area contributed by atoms with Crippen molar-refractivity contribution in [2.24, 2.45) is 0 Å². The Morgan fingerprint density at radius 3 is 2.42 bits per heavy atom. The molecule has 0 aliphatic heterocycles. The third kappa shape index (κ3) is 2.76. The van der Waals surface area contributed by atoms with Gasteiger partial charge in [0, 0.05) is 10.8 Å². The number of hydrogen-bond acceptors (Lipinski definition) is 0. The molecule has 1 aromatic rings. The summed E-state index contributed by atoms with van der Waals surface area (Å²) in [7, 11) is 0. The Hall–Kier alpha value is -0.310. The fourth-order valence-electron chi connectivity index (χ4n) is 2.39. The third-order valence-corrected chi connectivity index (χ3v) is 4.14. The van der Waals surface area contributed by atoms with E-state index in [2.05, 4.69) is 22.6 Å². The molecule has 0 bridgehead atoms. The van der Waals surface area contributed by atoms with Crippen LogP contribution >= 0.6 is 22.6 Å². The molecule has 0 nitrogen and oxygen atoms in total. The first-order chi connectivity index (χ1) is 8.66. The van der Waals surface area contributed by atoms with E-state index < -0.39 is 10.8 Å². The van der Waals surface area contributed by atoms with Gasteiger partial charge in [-0.25, -0.2) is 0 Å². The molecule has 0 unspecified atom stereocenters. The Kier molecular flexibility index (Phi) is 3.90. The van der Waals surface area contributed by atoms with E-state index in [9.17, 15) is 0 Å². The van der Waals surface area contributed by atoms with Crippen molar-refractivity contribution in [3.8, 4) is 0 Å². The van der Waals surface area contributed by atoms with Gasteiger partial charge in [-0.1, -0.05) is 34.7 Å². The molecule has 92 valence electrons. The fourth-order valence-corrected chi connectivity index (χ4v) is 2.72. The van der Waals surface area contributed by atoms with Crippen LogP contribution in [0.4, 0.5) is 0 Å². The molecule has 0 fully saturated rings. The molecule has 2 rings (SSSR count). The Labute approximate surface area is 131 Å². The smallest absolute Gasteiger partial charge is 0.00564 e. The van der Waals surface area contributed by atoms with E-state index in [4.69, 9.17) is 41.5 Å². The molecule has 1 heteroatoms. The van der Waals surface area contributed by atoms with E-state index in [1.54, 1.807) is 10.1 Å². The van der Waals surface area contributed by atoms with E-state index >= 15 is 0 Å². The normalized spacial score (nSPS) is 18.6. The lowest BCUT2D eigenvalue weighted by molar-refractivity contribution is 0.649. The summed E-state index contributed by atoms with van der Waals surface area (Å²) in [5, 5.41) is 0. The summed E-state index contributed by atoms with van der Waals surface area (Å²) in [6.45, 7) is 35.5. The molecular weight excluding hydrogens is 343 g/mol. The second kappa shape index (κ2) is 4.91. The minimum absolute atomic E-state index is 0.560. The quantitative estimate of drug-likeness (QED) is 0.699. The second-order valence-electron chi connectivity index (χ2n) is 5.09. The molecule has 1 aromatic carbocycles. The van der Waals surface area contributed by atoms with Gasteiger partial charge in [0.15, 0.2) is 0 Å². The molecule has 0 amide bonds. The molecule has 0 spiro atoms. The number of hydrogen-bond donors (Lipinski definition) is 0. The highest BCUT2D eigenvalue weighted by Gasteiger charge is 2.33. The second-order valence-corrected chi connectivity index (χ2v) is 5.71. The lowest BCUT2D eigenvalue weighted by Crippen LogP contribution is -2.18. The van der Waals surface area contributed by atoms with Gasteiger partial charge < -0.3 is 0 Å². The van der Waals surface area contributed by atoms with E-state index in [0.29, 0.717) is 17.6 Å². The van der Waals surface area contributed by atoms with Gasteiger partial charge in [0.25, 0.3) is 0 Å². The summed E-state index contributed by atoms with van der Waals surface area (Å²) in [6.07, 6.45) is 1.43. The van der Waals surface area contributed by atoms with E-state index in [1.807, 2.05) is 6.07 Å². The van der Waals surface area contributed by atoms with Crippen LogP contribution in [0.2, 0.25) is 0 Å². The standard InChI is InChI=1S/C18H13I/c1-12(11-19)15-9-13(17(2,3)4)10-16-14(15)7-8-18(16,5)6/h1-6,9-11H,7-8H2/b12-11+. The SMILES string of the molecule is [CH]/C(=C\I)c1cc(C([CH])([CH])[CH])cc2c1CCC2([CH])[CH]. The molecule has 0 atom stereocenters. The average molecular weight is 356 g/mol. The summed E-state index contributed by atoms with van der Waals surface area (Å²) >= 11 is 2.08. The van der Waals surface area contributed by atoms with Crippen LogP contribution in [0.25, 0.3) is 5.57 Å². The van der Waals surface area contributed by atoms with Gasteiger partial charge in [0.1, 0.15) is 0 Å². The van der Waals surface area contributed by atoms with Gasteiger partial charge in [-0.2, -0.15) is 0 Å². The first-order valence-corrected chi connectivity index (χ1v) is 7.10. The first kappa shape index (κ1) is 15.1. The van der Waals surface area contributed by atoms with Gasteiger partial charge in [0.2, 0.25) is 0 Å². The summed E-state index contributed by atoms with van der Waals surface area (Å²) in [4.78, 5) is 0. The van der Waals surface area contributed by atoms with Gasteiger partial charge >= 0.3 is 0 Å². The first-order valence-electron chi connectivity index (χ1n) is 5.85. The maximum Gasteiger partial charge on any atom is 0.00564 e. The largest absolute Gasteiger partial charge is 0.0543 e. The molecule has 0 saturated heterocycles. The Balaban J connectivity index is 2.73. The summed E-state index contributed by atoms with van der Waals surface area (Å²) in [5.41, 5.74) is 1.55. The number of halogens is 1. The summed E-state index contributed by atoms with van der Waals surface area (Å²) in [6, 6.07) is 3.59. The van der Waals surface area contributed by atoms with Crippen LogP contribution < -0.4 is 0 Å². The molecule has 0 N–H and O–H groups in total. The Morgan fingerprint density at radius 2 is 1.89 bits per heavy atom.